The minimum Gasteiger partial charge on any atom is -0.494 e. The predicted octanol–water partition coefficient (Wildman–Crippen LogP) is 5.95. The van der Waals surface area contributed by atoms with E-state index in [0.717, 1.165) is 18.8 Å². The van der Waals surface area contributed by atoms with Crippen LogP contribution in [0.4, 0.5) is 0 Å². The smallest absolute Gasteiger partial charge is 0.120 e. The Balaban J connectivity index is 0.00000176. The van der Waals surface area contributed by atoms with E-state index in [-0.39, 0.29) is 12.4 Å². The highest BCUT2D eigenvalue weighted by Crippen LogP contribution is 2.35. The van der Waals surface area contributed by atoms with Crippen LogP contribution in [0.1, 0.15) is 26.2 Å². The van der Waals surface area contributed by atoms with Crippen molar-refractivity contribution in [3.63, 3.8) is 0 Å². The lowest BCUT2D eigenvalue weighted by Gasteiger charge is -2.06. The summed E-state index contributed by atoms with van der Waals surface area (Å²) in [5, 5.41) is 3.47. The average molecular weight is 334 g/mol. The van der Waals surface area contributed by atoms with Gasteiger partial charge in [0.2, 0.25) is 0 Å². The molecule has 2 nitrogen and oxygen atoms in total. The first-order valence-electron chi connectivity index (χ1n) is 7.43. The Hall–Kier alpha value is -1.58. The van der Waals surface area contributed by atoms with Crippen LogP contribution >= 0.6 is 23.7 Å². The Kier molecular flexibility index (Phi) is 6.22. The second-order valence-electron chi connectivity index (χ2n) is 5.10. The van der Waals surface area contributed by atoms with Gasteiger partial charge in [-0.05, 0) is 36.1 Å². The molecule has 0 atom stereocenters. The Morgan fingerprint density at radius 3 is 2.86 bits per heavy atom. The number of pyridine rings is 1. The summed E-state index contributed by atoms with van der Waals surface area (Å²) in [6.45, 7) is 3.01. The van der Waals surface area contributed by atoms with Gasteiger partial charge >= 0.3 is 0 Å². The van der Waals surface area contributed by atoms with Gasteiger partial charge in [0.25, 0.3) is 0 Å². The second-order valence-corrected chi connectivity index (χ2v) is 6.02. The zero-order chi connectivity index (χ0) is 14.5. The number of ether oxygens (including phenoxy) is 1. The lowest BCUT2D eigenvalue weighted by Crippen LogP contribution is -1.96. The van der Waals surface area contributed by atoms with Crippen molar-refractivity contribution in [3.05, 3.63) is 48.1 Å². The van der Waals surface area contributed by atoms with E-state index >= 15 is 0 Å². The highest BCUT2D eigenvalue weighted by Gasteiger charge is 2.07. The third kappa shape index (κ3) is 3.79. The van der Waals surface area contributed by atoms with Crippen LogP contribution in [-0.2, 0) is 0 Å². The average Bonchev–Trinajstić information content (AvgIpc) is 2.95. The van der Waals surface area contributed by atoms with E-state index in [1.165, 1.54) is 34.1 Å². The molecule has 0 aliphatic rings. The number of hydrogen-bond acceptors (Lipinski definition) is 3. The second kappa shape index (κ2) is 8.16. The van der Waals surface area contributed by atoms with Crippen molar-refractivity contribution < 1.29 is 4.74 Å². The molecule has 0 aliphatic carbocycles. The van der Waals surface area contributed by atoms with Crippen LogP contribution < -0.4 is 4.74 Å². The molecule has 4 heteroatoms. The van der Waals surface area contributed by atoms with Crippen molar-refractivity contribution >= 4 is 33.8 Å². The van der Waals surface area contributed by atoms with E-state index in [9.17, 15) is 0 Å². The van der Waals surface area contributed by atoms with Crippen LogP contribution in [0.25, 0.3) is 21.2 Å². The first-order valence-corrected chi connectivity index (χ1v) is 8.31. The highest BCUT2D eigenvalue weighted by atomic mass is 35.5. The van der Waals surface area contributed by atoms with Gasteiger partial charge in [-0.1, -0.05) is 25.8 Å². The molecule has 0 aliphatic heterocycles. The molecule has 2 heterocycles. The number of aromatic nitrogens is 1. The number of thiophene rings is 1. The maximum Gasteiger partial charge on any atom is 0.120 e. The number of halogens is 1. The first-order chi connectivity index (χ1) is 10.4. The summed E-state index contributed by atoms with van der Waals surface area (Å²) in [4.78, 5) is 4.20. The van der Waals surface area contributed by atoms with Crippen LogP contribution in [0.3, 0.4) is 0 Å². The molecule has 116 valence electrons. The predicted molar refractivity (Wildman–Crippen MR) is 97.3 cm³/mol. The number of hydrogen-bond donors (Lipinski definition) is 0. The molecule has 0 saturated heterocycles. The van der Waals surface area contributed by atoms with Crippen LogP contribution in [-0.4, -0.2) is 11.6 Å². The molecule has 0 amide bonds. The van der Waals surface area contributed by atoms with E-state index in [0.29, 0.717) is 0 Å². The number of fused-ring (bicyclic) bond motifs is 1. The van der Waals surface area contributed by atoms with Crippen molar-refractivity contribution in [2.75, 3.05) is 6.61 Å². The zero-order valence-electron chi connectivity index (χ0n) is 12.6. The number of rotatable bonds is 6. The minimum atomic E-state index is 0. The Morgan fingerprint density at radius 1 is 1.18 bits per heavy atom. The summed E-state index contributed by atoms with van der Waals surface area (Å²) in [6, 6.07) is 10.4. The molecule has 0 bridgehead atoms. The van der Waals surface area contributed by atoms with Crippen LogP contribution in [0.5, 0.6) is 5.75 Å². The summed E-state index contributed by atoms with van der Waals surface area (Å²) in [7, 11) is 0. The molecule has 0 N–H and O–H groups in total. The molecule has 0 radical (unpaired) electrons. The normalized spacial score (nSPS) is 10.4. The Labute approximate surface area is 141 Å². The molecule has 0 spiro atoms. The third-order valence-electron chi connectivity index (χ3n) is 3.54. The van der Waals surface area contributed by atoms with Crippen LogP contribution in [0, 0.1) is 0 Å². The van der Waals surface area contributed by atoms with Crippen molar-refractivity contribution in [1.82, 2.24) is 4.98 Å². The van der Waals surface area contributed by atoms with Gasteiger partial charge in [-0.25, -0.2) is 0 Å². The molecular weight excluding hydrogens is 314 g/mol. The molecule has 22 heavy (non-hydrogen) atoms. The van der Waals surface area contributed by atoms with E-state index in [1.807, 2.05) is 12.3 Å². The third-order valence-corrected chi connectivity index (χ3v) is 4.48. The van der Waals surface area contributed by atoms with E-state index in [2.05, 4.69) is 41.6 Å². The summed E-state index contributed by atoms with van der Waals surface area (Å²) in [5.41, 5.74) is 2.42. The summed E-state index contributed by atoms with van der Waals surface area (Å²) in [6.07, 6.45) is 7.30. The van der Waals surface area contributed by atoms with Gasteiger partial charge in [-0.3, -0.25) is 4.98 Å². The van der Waals surface area contributed by atoms with Gasteiger partial charge in [0.15, 0.2) is 0 Å². The Bertz CT molecular complexity index is 711. The molecule has 0 unspecified atom stereocenters. The first kappa shape index (κ1) is 16.8. The topological polar surface area (TPSA) is 22.1 Å². The molecule has 0 fully saturated rings. The lowest BCUT2D eigenvalue weighted by atomic mass is 10.1. The molecule has 1 aromatic carbocycles. The molecule has 2 aromatic heterocycles. The largest absolute Gasteiger partial charge is 0.494 e. The molecule has 3 aromatic rings. The van der Waals surface area contributed by atoms with Crippen molar-refractivity contribution in [2.24, 2.45) is 0 Å². The fourth-order valence-corrected chi connectivity index (χ4v) is 3.38. The van der Waals surface area contributed by atoms with Gasteiger partial charge < -0.3 is 4.74 Å². The monoisotopic (exact) mass is 333 g/mol. The summed E-state index contributed by atoms with van der Waals surface area (Å²) in [5.74, 6) is 0.971. The number of nitrogens with zero attached hydrogens (tertiary/aromatic N) is 1. The van der Waals surface area contributed by atoms with Crippen molar-refractivity contribution in [2.45, 2.75) is 26.2 Å². The summed E-state index contributed by atoms with van der Waals surface area (Å²) >= 11 is 1.76. The fraction of sp³-hybridized carbons (Fsp3) is 0.278. The maximum absolute atomic E-state index is 5.83. The van der Waals surface area contributed by atoms with Crippen LogP contribution in [0.15, 0.2) is 48.1 Å². The van der Waals surface area contributed by atoms with Gasteiger partial charge in [0.1, 0.15) is 5.75 Å². The highest BCUT2D eigenvalue weighted by molar-refractivity contribution is 7.17. The summed E-state index contributed by atoms with van der Waals surface area (Å²) < 4.78 is 7.09. The van der Waals surface area contributed by atoms with Crippen molar-refractivity contribution in [3.8, 4) is 16.9 Å². The SMILES string of the molecule is CCCCCOc1ccc2c(-c3cccnc3)csc2c1.Cl. The van der Waals surface area contributed by atoms with E-state index < -0.39 is 0 Å². The van der Waals surface area contributed by atoms with E-state index in [1.54, 1.807) is 17.5 Å². The maximum atomic E-state index is 5.83. The van der Waals surface area contributed by atoms with E-state index in [4.69, 9.17) is 4.74 Å². The zero-order valence-corrected chi connectivity index (χ0v) is 14.3. The van der Waals surface area contributed by atoms with Gasteiger partial charge in [-0.2, -0.15) is 0 Å². The van der Waals surface area contributed by atoms with Gasteiger partial charge in [0.05, 0.1) is 6.61 Å². The number of unbranched alkanes of at least 4 members (excludes halogenated alkanes) is 2. The Morgan fingerprint density at radius 2 is 2.09 bits per heavy atom. The van der Waals surface area contributed by atoms with Gasteiger partial charge in [-0.15, -0.1) is 23.7 Å². The quantitative estimate of drug-likeness (QED) is 0.520. The molecule has 3 rings (SSSR count). The number of benzene rings is 1. The standard InChI is InChI=1S/C18H19NOS.ClH/c1-2-3-4-10-20-15-7-8-16-17(13-21-18(16)11-15)14-6-5-9-19-12-14;/h5-9,11-13H,2-4,10H2,1H3;1H. The van der Waals surface area contributed by atoms with Gasteiger partial charge in [0, 0.05) is 33.6 Å². The fourth-order valence-electron chi connectivity index (χ4n) is 2.39. The molecular formula is C18H20ClNOS. The van der Waals surface area contributed by atoms with Crippen molar-refractivity contribution in [1.29, 1.82) is 0 Å². The molecule has 0 saturated carbocycles. The minimum absolute atomic E-state index is 0. The lowest BCUT2D eigenvalue weighted by molar-refractivity contribution is 0.306. The van der Waals surface area contributed by atoms with Crippen LogP contribution in [0.2, 0.25) is 0 Å².